The molecule has 0 radical (unpaired) electrons. The van der Waals surface area contributed by atoms with E-state index in [1.54, 1.807) is 0 Å². The van der Waals surface area contributed by atoms with E-state index in [4.69, 9.17) is 14.2 Å². The third-order valence-electron chi connectivity index (χ3n) is 12.5. The number of allylic oxidation sites excluding steroid dienone is 12. The van der Waals surface area contributed by atoms with Crippen LogP contribution < -0.4 is 0 Å². The van der Waals surface area contributed by atoms with Gasteiger partial charge in [-0.25, -0.2) is 0 Å². The molecule has 0 rings (SSSR count). The van der Waals surface area contributed by atoms with Crippen LogP contribution in [0, 0.1) is 0 Å². The number of carbonyl (C=O) groups is 3. The molecule has 0 saturated heterocycles. The first-order valence-electron chi connectivity index (χ1n) is 28.9. The molecule has 0 aliphatic rings. The fraction of sp³-hybridized carbons (Fsp3) is 0.758. The van der Waals surface area contributed by atoms with Gasteiger partial charge in [0.15, 0.2) is 6.10 Å². The van der Waals surface area contributed by atoms with Crippen molar-refractivity contribution in [2.75, 3.05) is 13.2 Å². The Morgan fingerprint density at radius 1 is 0.309 bits per heavy atom. The van der Waals surface area contributed by atoms with E-state index in [2.05, 4.69) is 93.7 Å². The normalized spacial score (nSPS) is 12.6. The monoisotopic (exact) mass is 949 g/mol. The smallest absolute Gasteiger partial charge is 0.306 e. The van der Waals surface area contributed by atoms with Crippen LogP contribution in [0.2, 0.25) is 0 Å². The van der Waals surface area contributed by atoms with Crippen LogP contribution in [0.1, 0.15) is 284 Å². The first-order chi connectivity index (χ1) is 33.5. The third kappa shape index (κ3) is 53.8. The van der Waals surface area contributed by atoms with Crippen molar-refractivity contribution in [3.05, 3.63) is 72.9 Å². The summed E-state index contributed by atoms with van der Waals surface area (Å²) >= 11 is 0. The zero-order chi connectivity index (χ0) is 49.3. The number of unbranched alkanes of at least 4 members (excludes halogenated alkanes) is 29. The summed E-state index contributed by atoms with van der Waals surface area (Å²) in [7, 11) is 0. The summed E-state index contributed by atoms with van der Waals surface area (Å²) in [6.45, 7) is 6.52. The van der Waals surface area contributed by atoms with Crippen molar-refractivity contribution in [1.29, 1.82) is 0 Å². The predicted octanol–water partition coefficient (Wildman–Crippen LogP) is 19.4. The van der Waals surface area contributed by atoms with E-state index < -0.39 is 6.10 Å². The second-order valence-electron chi connectivity index (χ2n) is 19.2. The molecule has 0 aromatic rings. The Labute approximate surface area is 421 Å². The second-order valence-corrected chi connectivity index (χ2v) is 19.2. The van der Waals surface area contributed by atoms with Crippen molar-refractivity contribution in [2.45, 2.75) is 290 Å². The molecular formula is C62H108O6. The maximum absolute atomic E-state index is 12.8. The molecule has 0 heterocycles. The lowest BCUT2D eigenvalue weighted by Gasteiger charge is -2.18. The van der Waals surface area contributed by atoms with E-state index in [0.29, 0.717) is 19.3 Å². The topological polar surface area (TPSA) is 78.9 Å². The van der Waals surface area contributed by atoms with Crippen LogP contribution in [0.25, 0.3) is 0 Å². The highest BCUT2D eigenvalue weighted by Gasteiger charge is 2.19. The number of esters is 3. The Morgan fingerprint density at radius 3 is 0.897 bits per heavy atom. The van der Waals surface area contributed by atoms with Gasteiger partial charge in [-0.1, -0.05) is 267 Å². The van der Waals surface area contributed by atoms with E-state index in [0.717, 1.165) is 96.3 Å². The van der Waals surface area contributed by atoms with E-state index in [1.807, 2.05) is 0 Å². The number of rotatable bonds is 52. The van der Waals surface area contributed by atoms with Gasteiger partial charge in [-0.2, -0.15) is 0 Å². The molecule has 6 nitrogen and oxygen atoms in total. The summed E-state index contributed by atoms with van der Waals surface area (Å²) in [5.74, 6) is -0.870. The van der Waals surface area contributed by atoms with Gasteiger partial charge in [0.25, 0.3) is 0 Å². The average Bonchev–Trinajstić information content (AvgIpc) is 3.34. The highest BCUT2D eigenvalue weighted by atomic mass is 16.6. The number of ether oxygens (including phenoxy) is 3. The van der Waals surface area contributed by atoms with Crippen LogP contribution in [0.5, 0.6) is 0 Å². The Morgan fingerprint density at radius 2 is 0.574 bits per heavy atom. The minimum atomic E-state index is -0.771. The van der Waals surface area contributed by atoms with E-state index in [-0.39, 0.29) is 31.1 Å². The van der Waals surface area contributed by atoms with Gasteiger partial charge in [0.1, 0.15) is 13.2 Å². The van der Waals surface area contributed by atoms with Crippen molar-refractivity contribution in [1.82, 2.24) is 0 Å². The Balaban J connectivity index is 4.15. The highest BCUT2D eigenvalue weighted by Crippen LogP contribution is 2.16. The molecule has 0 aliphatic carbocycles. The zero-order valence-corrected chi connectivity index (χ0v) is 44.9. The molecule has 68 heavy (non-hydrogen) atoms. The lowest BCUT2D eigenvalue weighted by atomic mass is 10.0. The second kappa shape index (κ2) is 56.4. The standard InChI is InChI=1S/C62H108O6/c1-4-7-10-13-16-19-22-23-24-25-26-27-28-29-30-31-32-33-34-35-36-37-38-39-41-43-46-49-52-55-61(64)67-58-59(57-66-60(63)54-51-48-45-42-21-18-15-12-9-6-3)68-62(65)56-53-50-47-44-40-20-17-14-11-8-5-2/h7,10,16,19,23-24,26-27,29-30,32-33,59H,4-6,8-9,11-15,17-18,20-22,25,28,31,34-58H2,1-3H3/b10-7-,19-16-,24-23-,27-26-,30-29-,33-32-. The van der Waals surface area contributed by atoms with Crippen molar-refractivity contribution >= 4 is 17.9 Å². The lowest BCUT2D eigenvalue weighted by Crippen LogP contribution is -2.30. The van der Waals surface area contributed by atoms with Gasteiger partial charge in [-0.15, -0.1) is 0 Å². The lowest BCUT2D eigenvalue weighted by molar-refractivity contribution is -0.167. The average molecular weight is 950 g/mol. The molecule has 1 unspecified atom stereocenters. The van der Waals surface area contributed by atoms with Crippen molar-refractivity contribution < 1.29 is 28.6 Å². The van der Waals surface area contributed by atoms with Gasteiger partial charge in [-0.05, 0) is 70.6 Å². The van der Waals surface area contributed by atoms with Gasteiger partial charge < -0.3 is 14.2 Å². The van der Waals surface area contributed by atoms with E-state index in [1.165, 1.54) is 148 Å². The molecule has 0 N–H and O–H groups in total. The van der Waals surface area contributed by atoms with E-state index in [9.17, 15) is 14.4 Å². The minimum absolute atomic E-state index is 0.0721. The quantitative estimate of drug-likeness (QED) is 0.0262. The van der Waals surface area contributed by atoms with E-state index >= 15 is 0 Å². The Bertz CT molecular complexity index is 1270. The molecule has 0 aromatic carbocycles. The first kappa shape index (κ1) is 64.8. The van der Waals surface area contributed by atoms with Gasteiger partial charge >= 0.3 is 17.9 Å². The number of carbonyl (C=O) groups excluding carboxylic acids is 3. The summed E-state index contributed by atoms with van der Waals surface area (Å²) in [5, 5.41) is 0. The maximum Gasteiger partial charge on any atom is 0.306 e. The molecule has 0 bridgehead atoms. The number of hydrogen-bond donors (Lipinski definition) is 0. The summed E-state index contributed by atoms with van der Waals surface area (Å²) in [6, 6.07) is 0. The minimum Gasteiger partial charge on any atom is -0.462 e. The molecule has 6 heteroatoms. The SMILES string of the molecule is CC/C=C\C/C=C\C/C=C\C/C=C\C/C=C\C/C=C\CCCCCCCCCCCCC(=O)OCC(COC(=O)CCCCCCCCCCCC)OC(=O)CCCCCCCCCCCCC. The molecule has 0 fully saturated rings. The molecule has 1 atom stereocenters. The van der Waals surface area contributed by atoms with Crippen LogP contribution in [-0.2, 0) is 28.6 Å². The van der Waals surface area contributed by atoms with Crippen molar-refractivity contribution in [3.8, 4) is 0 Å². The molecule has 392 valence electrons. The Hall–Kier alpha value is -3.15. The summed E-state index contributed by atoms with van der Waals surface area (Å²) in [5.41, 5.74) is 0. The molecule has 0 amide bonds. The Kier molecular flexibility index (Phi) is 53.8. The van der Waals surface area contributed by atoms with Crippen molar-refractivity contribution in [2.24, 2.45) is 0 Å². The van der Waals surface area contributed by atoms with Crippen LogP contribution in [-0.4, -0.2) is 37.2 Å². The summed E-state index contributed by atoms with van der Waals surface area (Å²) < 4.78 is 16.8. The number of hydrogen-bond acceptors (Lipinski definition) is 6. The molecule has 0 aromatic heterocycles. The van der Waals surface area contributed by atoms with Crippen LogP contribution in [0.4, 0.5) is 0 Å². The molecule has 0 spiro atoms. The van der Waals surface area contributed by atoms with Crippen LogP contribution in [0.3, 0.4) is 0 Å². The fourth-order valence-electron chi connectivity index (χ4n) is 8.15. The van der Waals surface area contributed by atoms with Gasteiger partial charge in [0.2, 0.25) is 0 Å². The largest absolute Gasteiger partial charge is 0.462 e. The fourth-order valence-corrected chi connectivity index (χ4v) is 8.15. The van der Waals surface area contributed by atoms with Gasteiger partial charge in [0.05, 0.1) is 0 Å². The maximum atomic E-state index is 12.8. The van der Waals surface area contributed by atoms with Gasteiger partial charge in [0, 0.05) is 19.3 Å². The third-order valence-corrected chi connectivity index (χ3v) is 12.5. The van der Waals surface area contributed by atoms with Gasteiger partial charge in [-0.3, -0.25) is 14.4 Å². The van der Waals surface area contributed by atoms with Crippen molar-refractivity contribution in [3.63, 3.8) is 0 Å². The summed E-state index contributed by atoms with van der Waals surface area (Å²) in [4.78, 5) is 38.0. The van der Waals surface area contributed by atoms with Crippen LogP contribution >= 0.6 is 0 Å². The first-order valence-corrected chi connectivity index (χ1v) is 28.9. The molecular weight excluding hydrogens is 841 g/mol. The molecule has 0 aliphatic heterocycles. The summed E-state index contributed by atoms with van der Waals surface area (Å²) in [6.07, 6.45) is 71.9. The van der Waals surface area contributed by atoms with Crippen LogP contribution in [0.15, 0.2) is 72.9 Å². The zero-order valence-electron chi connectivity index (χ0n) is 44.9. The highest BCUT2D eigenvalue weighted by molar-refractivity contribution is 5.71. The predicted molar refractivity (Wildman–Crippen MR) is 293 cm³/mol. The molecule has 0 saturated carbocycles.